The lowest BCUT2D eigenvalue weighted by Crippen LogP contribution is -2.30. The van der Waals surface area contributed by atoms with Gasteiger partial charge in [0, 0.05) is 25.2 Å². The van der Waals surface area contributed by atoms with Crippen LogP contribution >= 0.6 is 0 Å². The minimum Gasteiger partial charge on any atom is -0.348 e. The van der Waals surface area contributed by atoms with E-state index in [0.717, 1.165) is 16.7 Å². The summed E-state index contributed by atoms with van der Waals surface area (Å²) in [6.45, 7) is 4.89. The third-order valence-corrected chi connectivity index (χ3v) is 6.78. The van der Waals surface area contributed by atoms with Crippen molar-refractivity contribution in [3.8, 4) is 0 Å². The number of hydrogen-bond acceptors (Lipinski definition) is 3. The Morgan fingerprint density at radius 1 is 0.900 bits per heavy atom. The minimum absolute atomic E-state index is 0.160. The summed E-state index contributed by atoms with van der Waals surface area (Å²) in [4.78, 5) is 12.7. The van der Waals surface area contributed by atoms with Crippen LogP contribution in [0.4, 0.5) is 0 Å². The average molecular weight is 423 g/mol. The topological polar surface area (TPSA) is 66.5 Å². The second-order valence-corrected chi connectivity index (χ2v) is 9.05. The molecule has 3 aromatic carbocycles. The van der Waals surface area contributed by atoms with E-state index in [1.165, 1.54) is 4.31 Å². The predicted octanol–water partition coefficient (Wildman–Crippen LogP) is 4.14. The summed E-state index contributed by atoms with van der Waals surface area (Å²) in [7, 11) is -3.56. The Balaban J connectivity index is 1.65. The van der Waals surface area contributed by atoms with Crippen LogP contribution in [0.25, 0.3) is 0 Å². The molecule has 0 radical (unpaired) electrons. The molecule has 0 unspecified atom stereocenters. The van der Waals surface area contributed by atoms with Gasteiger partial charge in [-0.05, 0) is 42.3 Å². The van der Waals surface area contributed by atoms with Gasteiger partial charge in [0.25, 0.3) is 5.91 Å². The lowest BCUT2D eigenvalue weighted by atomic mass is 10.1. The molecule has 0 heterocycles. The van der Waals surface area contributed by atoms with Gasteiger partial charge in [0.2, 0.25) is 10.0 Å². The second kappa shape index (κ2) is 9.69. The SMILES string of the molecule is CCN(Cc1ccc(C(=O)NCc2cccc(C)c2)cc1)S(=O)(=O)c1ccccc1. The van der Waals surface area contributed by atoms with Gasteiger partial charge in [-0.15, -0.1) is 0 Å². The molecule has 1 N–H and O–H groups in total. The fourth-order valence-electron chi connectivity index (χ4n) is 3.18. The fraction of sp³-hybridized carbons (Fsp3) is 0.208. The zero-order valence-corrected chi connectivity index (χ0v) is 18.0. The van der Waals surface area contributed by atoms with Gasteiger partial charge in [-0.2, -0.15) is 4.31 Å². The van der Waals surface area contributed by atoms with Crippen molar-refractivity contribution in [2.45, 2.75) is 31.8 Å². The van der Waals surface area contributed by atoms with Crippen molar-refractivity contribution in [3.63, 3.8) is 0 Å². The van der Waals surface area contributed by atoms with Crippen molar-refractivity contribution in [2.24, 2.45) is 0 Å². The van der Waals surface area contributed by atoms with Gasteiger partial charge in [0.1, 0.15) is 0 Å². The van der Waals surface area contributed by atoms with Crippen molar-refractivity contribution in [2.75, 3.05) is 6.54 Å². The summed E-state index contributed by atoms with van der Waals surface area (Å²) in [6.07, 6.45) is 0. The minimum atomic E-state index is -3.56. The highest BCUT2D eigenvalue weighted by molar-refractivity contribution is 7.89. The van der Waals surface area contributed by atoms with Crippen molar-refractivity contribution in [1.82, 2.24) is 9.62 Å². The number of amides is 1. The summed E-state index contributed by atoms with van der Waals surface area (Å²) in [6, 6.07) is 23.4. The molecule has 0 fully saturated rings. The van der Waals surface area contributed by atoms with E-state index in [4.69, 9.17) is 0 Å². The average Bonchev–Trinajstić information content (AvgIpc) is 2.76. The van der Waals surface area contributed by atoms with Crippen LogP contribution < -0.4 is 5.32 Å². The Bertz CT molecular complexity index is 1090. The quantitative estimate of drug-likeness (QED) is 0.593. The van der Waals surface area contributed by atoms with E-state index in [0.29, 0.717) is 18.7 Å². The number of sulfonamides is 1. The van der Waals surface area contributed by atoms with Gasteiger partial charge in [0.05, 0.1) is 4.90 Å². The Labute approximate surface area is 178 Å². The molecular formula is C24H26N2O3S. The molecule has 3 rings (SSSR count). The first-order valence-corrected chi connectivity index (χ1v) is 11.3. The van der Waals surface area contributed by atoms with Crippen molar-refractivity contribution < 1.29 is 13.2 Å². The summed E-state index contributed by atoms with van der Waals surface area (Å²) in [5.41, 5.74) is 3.56. The molecule has 0 spiro atoms. The van der Waals surface area contributed by atoms with E-state index in [-0.39, 0.29) is 17.3 Å². The molecule has 0 saturated carbocycles. The Morgan fingerprint density at radius 3 is 2.23 bits per heavy atom. The van der Waals surface area contributed by atoms with E-state index in [9.17, 15) is 13.2 Å². The number of hydrogen-bond donors (Lipinski definition) is 1. The van der Waals surface area contributed by atoms with E-state index in [2.05, 4.69) is 5.32 Å². The molecule has 0 saturated heterocycles. The van der Waals surface area contributed by atoms with Gasteiger partial charge >= 0.3 is 0 Å². The molecule has 0 bridgehead atoms. The van der Waals surface area contributed by atoms with Crippen LogP contribution in [0.1, 0.15) is 34.0 Å². The molecule has 0 aliphatic heterocycles. The Hall–Kier alpha value is -2.96. The molecule has 6 heteroatoms. The van der Waals surface area contributed by atoms with Crippen molar-refractivity contribution in [1.29, 1.82) is 0 Å². The molecular weight excluding hydrogens is 396 g/mol. The fourth-order valence-corrected chi connectivity index (χ4v) is 4.64. The Kier molecular flexibility index (Phi) is 7.03. The lowest BCUT2D eigenvalue weighted by molar-refractivity contribution is 0.0951. The summed E-state index contributed by atoms with van der Waals surface area (Å²) in [5, 5.41) is 2.91. The molecule has 156 valence electrons. The normalized spacial score (nSPS) is 11.4. The van der Waals surface area contributed by atoms with Gasteiger partial charge in [-0.3, -0.25) is 4.79 Å². The highest BCUT2D eigenvalue weighted by atomic mass is 32.2. The van der Waals surface area contributed by atoms with Crippen molar-refractivity contribution >= 4 is 15.9 Å². The second-order valence-electron chi connectivity index (χ2n) is 7.11. The van der Waals surface area contributed by atoms with Gasteiger partial charge in [-0.1, -0.05) is 67.1 Å². The number of carbonyl (C=O) groups excluding carboxylic acids is 1. The molecule has 0 atom stereocenters. The Morgan fingerprint density at radius 2 is 1.60 bits per heavy atom. The molecule has 0 aliphatic rings. The zero-order chi connectivity index (χ0) is 21.6. The number of nitrogens with zero attached hydrogens (tertiary/aromatic N) is 1. The maximum atomic E-state index is 12.8. The largest absolute Gasteiger partial charge is 0.348 e. The van der Waals surface area contributed by atoms with E-state index < -0.39 is 10.0 Å². The number of aryl methyl sites for hydroxylation is 1. The number of benzene rings is 3. The highest BCUT2D eigenvalue weighted by Crippen LogP contribution is 2.18. The van der Waals surface area contributed by atoms with Gasteiger partial charge < -0.3 is 5.32 Å². The molecule has 3 aromatic rings. The first kappa shape index (κ1) is 21.7. The monoisotopic (exact) mass is 422 g/mol. The highest BCUT2D eigenvalue weighted by Gasteiger charge is 2.22. The maximum Gasteiger partial charge on any atom is 0.251 e. The van der Waals surface area contributed by atoms with Crippen LogP contribution in [-0.2, 0) is 23.1 Å². The number of nitrogens with one attached hydrogen (secondary N) is 1. The lowest BCUT2D eigenvalue weighted by Gasteiger charge is -2.20. The van der Waals surface area contributed by atoms with Crippen molar-refractivity contribution in [3.05, 3.63) is 101 Å². The third-order valence-electron chi connectivity index (χ3n) is 4.84. The van der Waals surface area contributed by atoms with Gasteiger partial charge in [-0.25, -0.2) is 8.42 Å². The van der Waals surface area contributed by atoms with Crippen LogP contribution in [0, 0.1) is 6.92 Å². The maximum absolute atomic E-state index is 12.8. The third kappa shape index (κ3) is 5.34. The first-order valence-electron chi connectivity index (χ1n) is 9.88. The molecule has 0 aromatic heterocycles. The number of rotatable bonds is 8. The smallest absolute Gasteiger partial charge is 0.251 e. The summed E-state index contributed by atoms with van der Waals surface area (Å²) < 4.78 is 27.1. The molecule has 1 amide bonds. The van der Waals surface area contributed by atoms with Crippen LogP contribution in [0.15, 0.2) is 83.8 Å². The van der Waals surface area contributed by atoms with Crippen LogP contribution in [0.2, 0.25) is 0 Å². The van der Waals surface area contributed by atoms with E-state index >= 15 is 0 Å². The standard InChI is InChI=1S/C24H26N2O3S/c1-3-26(30(28,29)23-10-5-4-6-11-23)18-20-12-14-22(15-13-20)24(27)25-17-21-9-7-8-19(2)16-21/h4-16H,3,17-18H2,1-2H3,(H,25,27). The zero-order valence-electron chi connectivity index (χ0n) is 17.2. The molecule has 30 heavy (non-hydrogen) atoms. The molecule has 0 aliphatic carbocycles. The van der Waals surface area contributed by atoms with Crippen LogP contribution in [0.5, 0.6) is 0 Å². The van der Waals surface area contributed by atoms with Crippen LogP contribution in [-0.4, -0.2) is 25.2 Å². The van der Waals surface area contributed by atoms with E-state index in [1.54, 1.807) is 54.6 Å². The predicted molar refractivity (Wildman–Crippen MR) is 119 cm³/mol. The van der Waals surface area contributed by atoms with Gasteiger partial charge in [0.15, 0.2) is 0 Å². The number of carbonyl (C=O) groups is 1. The first-order chi connectivity index (χ1) is 14.4. The summed E-state index contributed by atoms with van der Waals surface area (Å²) >= 11 is 0. The van der Waals surface area contributed by atoms with Crippen LogP contribution in [0.3, 0.4) is 0 Å². The van der Waals surface area contributed by atoms with E-state index in [1.807, 2.05) is 38.1 Å². The molecule has 5 nitrogen and oxygen atoms in total. The summed E-state index contributed by atoms with van der Waals surface area (Å²) in [5.74, 6) is -0.160.